The molecule has 1 nitrogen and oxygen atoms in total. The molecule has 0 saturated carbocycles. The topological polar surface area (TPSA) is 20.2 Å². The van der Waals surface area contributed by atoms with Gasteiger partial charge in [0.2, 0.25) is 0 Å². The molecule has 1 N–H and O–H groups in total. The van der Waals surface area contributed by atoms with Gasteiger partial charge in [-0.25, -0.2) is 0 Å². The SMILES string of the molecule is CC1[C-]=CC(CO)S1.[Y]. The number of aliphatic hydroxyl groups excluding tert-OH is 1. The Morgan fingerprint density at radius 1 is 1.78 bits per heavy atom. The first-order valence-corrected chi connectivity index (χ1v) is 3.63. The van der Waals surface area contributed by atoms with Crippen LogP contribution in [0.1, 0.15) is 6.92 Å². The largest absolute Gasteiger partial charge is 0.486 e. The molecule has 0 amide bonds. The minimum atomic E-state index is 0. The van der Waals surface area contributed by atoms with Gasteiger partial charge in [0.25, 0.3) is 0 Å². The Morgan fingerprint density at radius 2 is 2.44 bits per heavy atom. The first kappa shape index (κ1) is 10.2. The van der Waals surface area contributed by atoms with Crippen molar-refractivity contribution in [3.05, 3.63) is 12.2 Å². The summed E-state index contributed by atoms with van der Waals surface area (Å²) in [5.74, 6) is 0. The average molecular weight is 218 g/mol. The number of rotatable bonds is 1. The van der Waals surface area contributed by atoms with Crippen LogP contribution in [-0.2, 0) is 32.7 Å². The Hall–Kier alpha value is 1.15. The number of thioether (sulfide) groups is 1. The zero-order chi connectivity index (χ0) is 5.98. The number of hydrogen-bond donors (Lipinski definition) is 1. The Morgan fingerprint density at radius 3 is 2.67 bits per heavy atom. The summed E-state index contributed by atoms with van der Waals surface area (Å²) in [5.41, 5.74) is 0. The van der Waals surface area contributed by atoms with E-state index in [1.807, 2.05) is 6.08 Å². The smallest absolute Gasteiger partial charge is 0.0557 e. The third-order valence-electron chi connectivity index (χ3n) is 1.08. The Balaban J connectivity index is 0.000000640. The molecule has 9 heavy (non-hydrogen) atoms. The zero-order valence-corrected chi connectivity index (χ0v) is 9.03. The van der Waals surface area contributed by atoms with Crippen LogP contribution in [0.5, 0.6) is 0 Å². The predicted octanol–water partition coefficient (Wildman–Crippen LogP) is 0.839. The van der Waals surface area contributed by atoms with E-state index in [2.05, 4.69) is 13.0 Å². The van der Waals surface area contributed by atoms with Gasteiger partial charge >= 0.3 is 0 Å². The zero-order valence-electron chi connectivity index (χ0n) is 5.37. The first-order valence-electron chi connectivity index (χ1n) is 2.68. The predicted molar refractivity (Wildman–Crippen MR) is 35.7 cm³/mol. The van der Waals surface area contributed by atoms with Crippen molar-refractivity contribution in [1.29, 1.82) is 0 Å². The van der Waals surface area contributed by atoms with Crippen molar-refractivity contribution in [3.8, 4) is 0 Å². The Bertz CT molecular complexity index is 105. The third-order valence-corrected chi connectivity index (χ3v) is 2.25. The van der Waals surface area contributed by atoms with Gasteiger partial charge < -0.3 is 11.2 Å². The molecular weight excluding hydrogens is 209 g/mol. The molecule has 0 saturated heterocycles. The van der Waals surface area contributed by atoms with Gasteiger partial charge in [0.05, 0.1) is 6.61 Å². The molecule has 2 atom stereocenters. The summed E-state index contributed by atoms with van der Waals surface area (Å²) < 4.78 is 0. The third kappa shape index (κ3) is 3.17. The van der Waals surface area contributed by atoms with Crippen molar-refractivity contribution < 1.29 is 37.8 Å². The second kappa shape index (κ2) is 4.89. The normalized spacial score (nSPS) is 32.2. The molecule has 1 radical (unpaired) electrons. The van der Waals surface area contributed by atoms with Gasteiger partial charge in [-0.3, -0.25) is 6.08 Å². The van der Waals surface area contributed by atoms with Gasteiger partial charge in [-0.05, 0) is 0 Å². The fourth-order valence-corrected chi connectivity index (χ4v) is 1.60. The van der Waals surface area contributed by atoms with Crippen LogP contribution in [-0.4, -0.2) is 22.2 Å². The van der Waals surface area contributed by atoms with E-state index in [0.717, 1.165) is 0 Å². The number of aliphatic hydroxyl groups is 1. The molecule has 0 aliphatic carbocycles. The minimum absolute atomic E-state index is 0. The minimum Gasteiger partial charge on any atom is -0.486 e. The van der Waals surface area contributed by atoms with Crippen molar-refractivity contribution >= 4 is 11.8 Å². The monoisotopic (exact) mass is 218 g/mol. The van der Waals surface area contributed by atoms with Gasteiger partial charge in [0, 0.05) is 38.0 Å². The summed E-state index contributed by atoms with van der Waals surface area (Å²) >= 11 is 1.75. The van der Waals surface area contributed by atoms with E-state index in [4.69, 9.17) is 5.11 Å². The van der Waals surface area contributed by atoms with Gasteiger partial charge in [0.1, 0.15) is 0 Å². The maximum atomic E-state index is 8.59. The van der Waals surface area contributed by atoms with Crippen LogP contribution in [0.4, 0.5) is 0 Å². The van der Waals surface area contributed by atoms with Gasteiger partial charge in [-0.2, -0.15) is 11.8 Å². The maximum absolute atomic E-state index is 8.59. The van der Waals surface area contributed by atoms with E-state index < -0.39 is 0 Å². The van der Waals surface area contributed by atoms with Gasteiger partial charge in [0.15, 0.2) is 0 Å². The van der Waals surface area contributed by atoms with Gasteiger partial charge in [-0.1, -0.05) is 6.92 Å². The quantitative estimate of drug-likeness (QED) is 0.658. The van der Waals surface area contributed by atoms with Crippen molar-refractivity contribution in [2.24, 2.45) is 0 Å². The summed E-state index contributed by atoms with van der Waals surface area (Å²) in [6, 6.07) is 0. The number of hydrogen-bond acceptors (Lipinski definition) is 2. The van der Waals surface area contributed by atoms with Crippen LogP contribution >= 0.6 is 11.8 Å². The molecule has 3 heteroatoms. The Kier molecular flexibility index (Phi) is 5.52. The van der Waals surface area contributed by atoms with Crippen LogP contribution < -0.4 is 0 Å². The molecule has 1 rings (SSSR count). The molecular formula is C6H9OSY-. The molecule has 0 aromatic rings. The summed E-state index contributed by atoms with van der Waals surface area (Å²) in [5, 5.41) is 9.38. The molecule has 49 valence electrons. The van der Waals surface area contributed by atoms with Crippen molar-refractivity contribution in [3.63, 3.8) is 0 Å². The van der Waals surface area contributed by atoms with E-state index in [1.165, 1.54) is 0 Å². The molecule has 1 aliphatic rings. The van der Waals surface area contributed by atoms with Crippen LogP contribution in [0.3, 0.4) is 0 Å². The molecule has 2 unspecified atom stereocenters. The second-order valence-electron chi connectivity index (χ2n) is 1.83. The molecule has 0 spiro atoms. The molecule has 1 aliphatic heterocycles. The standard InChI is InChI=1S/C6H9OS.Y/c1-5-2-3-6(4-7)8-5;/h3,5-7H,4H2,1H3;/q-1;. The van der Waals surface area contributed by atoms with Crippen LogP contribution in [0.25, 0.3) is 0 Å². The summed E-state index contributed by atoms with van der Waals surface area (Å²) in [6.07, 6.45) is 5.04. The van der Waals surface area contributed by atoms with Crippen LogP contribution in [0.15, 0.2) is 6.08 Å². The summed E-state index contributed by atoms with van der Waals surface area (Å²) in [7, 11) is 0. The van der Waals surface area contributed by atoms with E-state index in [0.29, 0.717) is 10.5 Å². The van der Waals surface area contributed by atoms with E-state index in [9.17, 15) is 0 Å². The average Bonchev–Trinajstić information content (AvgIpc) is 2.14. The molecule has 0 aromatic carbocycles. The fraction of sp³-hybridized carbons (Fsp3) is 0.667. The van der Waals surface area contributed by atoms with Crippen molar-refractivity contribution in [1.82, 2.24) is 0 Å². The fourth-order valence-electron chi connectivity index (χ4n) is 0.679. The van der Waals surface area contributed by atoms with E-state index >= 15 is 0 Å². The maximum Gasteiger partial charge on any atom is 0.0557 e. The summed E-state index contributed by atoms with van der Waals surface area (Å²) in [4.78, 5) is 0. The first-order chi connectivity index (χ1) is 3.83. The molecule has 0 aromatic heterocycles. The van der Waals surface area contributed by atoms with Gasteiger partial charge in [-0.15, -0.1) is 5.25 Å². The van der Waals surface area contributed by atoms with Crippen molar-refractivity contribution in [2.75, 3.05) is 6.61 Å². The van der Waals surface area contributed by atoms with E-state index in [1.54, 1.807) is 11.8 Å². The molecule has 1 heterocycles. The molecule has 0 fully saturated rings. The van der Waals surface area contributed by atoms with Crippen LogP contribution in [0, 0.1) is 6.08 Å². The van der Waals surface area contributed by atoms with Crippen molar-refractivity contribution in [2.45, 2.75) is 17.4 Å². The Labute approximate surface area is 85.2 Å². The van der Waals surface area contributed by atoms with E-state index in [-0.39, 0.29) is 39.3 Å². The molecule has 0 bridgehead atoms. The van der Waals surface area contributed by atoms with Crippen LogP contribution in [0.2, 0.25) is 0 Å². The summed E-state index contributed by atoms with van der Waals surface area (Å²) in [6.45, 7) is 2.33. The second-order valence-corrected chi connectivity index (χ2v) is 3.42.